The number of benzene rings is 1. The molecule has 17 heavy (non-hydrogen) atoms. The summed E-state index contributed by atoms with van der Waals surface area (Å²) < 4.78 is 0. The van der Waals surface area contributed by atoms with Crippen molar-refractivity contribution in [1.82, 2.24) is 5.32 Å². The van der Waals surface area contributed by atoms with E-state index in [1.807, 2.05) is 6.92 Å². The molecule has 1 atom stereocenters. The first-order valence-electron chi connectivity index (χ1n) is 6.63. The Balaban J connectivity index is 1.72. The average molecular weight is 233 g/mol. The van der Waals surface area contributed by atoms with Gasteiger partial charge in [-0.3, -0.25) is 0 Å². The van der Waals surface area contributed by atoms with Crippen molar-refractivity contribution in [3.63, 3.8) is 0 Å². The van der Waals surface area contributed by atoms with Crippen LogP contribution in [-0.2, 0) is 0 Å². The van der Waals surface area contributed by atoms with Crippen LogP contribution < -0.4 is 5.32 Å². The molecule has 0 amide bonds. The molecule has 0 aliphatic heterocycles. The van der Waals surface area contributed by atoms with Crippen molar-refractivity contribution in [3.05, 3.63) is 35.4 Å². The Morgan fingerprint density at radius 2 is 2.18 bits per heavy atom. The van der Waals surface area contributed by atoms with Crippen molar-refractivity contribution in [2.24, 2.45) is 0 Å². The molecule has 1 saturated carbocycles. The maximum Gasteiger partial charge on any atom is 0.0524 e. The summed E-state index contributed by atoms with van der Waals surface area (Å²) in [6.07, 6.45) is 3.15. The monoisotopic (exact) mass is 233 g/mol. The molecule has 0 radical (unpaired) electrons. The number of aliphatic hydroxyl groups is 1. The summed E-state index contributed by atoms with van der Waals surface area (Å²) in [6, 6.07) is 9.50. The van der Waals surface area contributed by atoms with E-state index in [1.165, 1.54) is 24.0 Å². The molecule has 0 bridgehead atoms. The first-order chi connectivity index (χ1) is 8.15. The van der Waals surface area contributed by atoms with Crippen LogP contribution in [0.5, 0.6) is 0 Å². The second-order valence-electron chi connectivity index (χ2n) is 5.37. The van der Waals surface area contributed by atoms with E-state index in [1.54, 1.807) is 0 Å². The molecular formula is C15H23NO. The lowest BCUT2D eigenvalue weighted by atomic mass is 9.75. The lowest BCUT2D eigenvalue weighted by Crippen LogP contribution is -2.41. The molecule has 2 rings (SSSR count). The summed E-state index contributed by atoms with van der Waals surface area (Å²) in [7, 11) is 0. The molecule has 0 spiro atoms. The van der Waals surface area contributed by atoms with Gasteiger partial charge in [0, 0.05) is 6.04 Å². The number of rotatable bonds is 5. The minimum atomic E-state index is -0.185. The summed E-state index contributed by atoms with van der Waals surface area (Å²) in [5.41, 5.74) is 2.84. The van der Waals surface area contributed by atoms with Gasteiger partial charge in [0.05, 0.1) is 6.10 Å². The van der Waals surface area contributed by atoms with Gasteiger partial charge in [-0.05, 0) is 51.1 Å². The Morgan fingerprint density at radius 1 is 1.41 bits per heavy atom. The molecule has 1 aromatic carbocycles. The van der Waals surface area contributed by atoms with E-state index in [2.05, 4.69) is 36.5 Å². The van der Waals surface area contributed by atoms with Gasteiger partial charge in [0.1, 0.15) is 0 Å². The normalized spacial score (nSPS) is 25.4. The predicted molar refractivity (Wildman–Crippen MR) is 71.2 cm³/mol. The van der Waals surface area contributed by atoms with E-state index < -0.39 is 0 Å². The summed E-state index contributed by atoms with van der Waals surface area (Å²) in [6.45, 7) is 4.93. The highest BCUT2D eigenvalue weighted by atomic mass is 16.3. The maximum atomic E-state index is 9.18. The number of aliphatic hydroxyl groups excluding tert-OH is 1. The molecule has 0 saturated heterocycles. The van der Waals surface area contributed by atoms with Gasteiger partial charge in [-0.1, -0.05) is 29.8 Å². The van der Waals surface area contributed by atoms with E-state index in [9.17, 15) is 5.11 Å². The van der Waals surface area contributed by atoms with Crippen LogP contribution in [0.3, 0.4) is 0 Å². The molecule has 2 nitrogen and oxygen atoms in total. The van der Waals surface area contributed by atoms with Gasteiger partial charge in [-0.2, -0.15) is 0 Å². The topological polar surface area (TPSA) is 32.3 Å². The largest absolute Gasteiger partial charge is 0.393 e. The first-order valence-corrected chi connectivity index (χ1v) is 6.63. The Morgan fingerprint density at radius 3 is 2.82 bits per heavy atom. The molecule has 1 aliphatic rings. The molecule has 1 aliphatic carbocycles. The number of hydrogen-bond acceptors (Lipinski definition) is 2. The second-order valence-corrected chi connectivity index (χ2v) is 5.37. The fourth-order valence-electron chi connectivity index (χ4n) is 2.48. The molecule has 94 valence electrons. The summed E-state index contributed by atoms with van der Waals surface area (Å²) in [5, 5.41) is 12.7. The molecule has 1 unspecified atom stereocenters. The fraction of sp³-hybridized carbons (Fsp3) is 0.600. The Labute approximate surface area is 104 Å². The minimum Gasteiger partial charge on any atom is -0.393 e. The van der Waals surface area contributed by atoms with Crippen molar-refractivity contribution in [1.29, 1.82) is 0 Å². The highest BCUT2D eigenvalue weighted by Gasteiger charge is 2.29. The van der Waals surface area contributed by atoms with E-state index in [4.69, 9.17) is 0 Å². The van der Waals surface area contributed by atoms with Gasteiger partial charge >= 0.3 is 0 Å². The van der Waals surface area contributed by atoms with Crippen molar-refractivity contribution >= 4 is 0 Å². The lowest BCUT2D eigenvalue weighted by molar-refractivity contribution is 0.177. The van der Waals surface area contributed by atoms with Crippen LogP contribution in [0.4, 0.5) is 0 Å². The quantitative estimate of drug-likeness (QED) is 0.819. The van der Waals surface area contributed by atoms with Crippen LogP contribution in [0.15, 0.2) is 24.3 Å². The van der Waals surface area contributed by atoms with E-state index in [0.29, 0.717) is 6.04 Å². The zero-order chi connectivity index (χ0) is 12.3. The standard InChI is InChI=1S/C15H23NO/c1-11-4-3-5-13(8-11)14-9-15(10-14)16-7-6-12(2)17/h3-5,8,12,14-17H,6-7,9-10H2,1-2H3. The number of hydrogen-bond donors (Lipinski definition) is 2. The molecular weight excluding hydrogens is 210 g/mol. The van der Waals surface area contributed by atoms with Crippen molar-refractivity contribution in [2.45, 2.75) is 51.2 Å². The molecule has 2 heteroatoms. The Bertz CT molecular complexity index is 356. The zero-order valence-electron chi connectivity index (χ0n) is 10.8. The fourth-order valence-corrected chi connectivity index (χ4v) is 2.48. The van der Waals surface area contributed by atoms with Crippen LogP contribution in [0.2, 0.25) is 0 Å². The highest BCUT2D eigenvalue weighted by Crippen LogP contribution is 2.36. The van der Waals surface area contributed by atoms with Gasteiger partial charge < -0.3 is 10.4 Å². The van der Waals surface area contributed by atoms with Gasteiger partial charge in [0.2, 0.25) is 0 Å². The maximum absolute atomic E-state index is 9.18. The van der Waals surface area contributed by atoms with Crippen LogP contribution in [0.1, 0.15) is 43.2 Å². The van der Waals surface area contributed by atoms with Crippen molar-refractivity contribution < 1.29 is 5.11 Å². The third-order valence-corrected chi connectivity index (χ3v) is 3.65. The van der Waals surface area contributed by atoms with Crippen LogP contribution in [0, 0.1) is 6.92 Å². The van der Waals surface area contributed by atoms with Crippen molar-refractivity contribution in [3.8, 4) is 0 Å². The van der Waals surface area contributed by atoms with E-state index >= 15 is 0 Å². The zero-order valence-corrected chi connectivity index (χ0v) is 10.8. The van der Waals surface area contributed by atoms with Gasteiger partial charge in [0.25, 0.3) is 0 Å². The molecule has 1 fully saturated rings. The summed E-state index contributed by atoms with van der Waals surface area (Å²) in [4.78, 5) is 0. The van der Waals surface area contributed by atoms with Gasteiger partial charge in [-0.25, -0.2) is 0 Å². The SMILES string of the molecule is Cc1cccc(C2CC(NCCC(C)O)C2)c1. The van der Waals surface area contributed by atoms with Gasteiger partial charge in [0.15, 0.2) is 0 Å². The average Bonchev–Trinajstić information content (AvgIpc) is 2.21. The van der Waals surface area contributed by atoms with E-state index in [-0.39, 0.29) is 6.10 Å². The highest BCUT2D eigenvalue weighted by molar-refractivity contribution is 5.27. The number of aryl methyl sites for hydroxylation is 1. The van der Waals surface area contributed by atoms with Crippen LogP contribution in [0.25, 0.3) is 0 Å². The Hall–Kier alpha value is -0.860. The molecule has 0 aromatic heterocycles. The second kappa shape index (κ2) is 5.65. The molecule has 0 heterocycles. The first kappa shape index (κ1) is 12.6. The van der Waals surface area contributed by atoms with E-state index in [0.717, 1.165) is 18.9 Å². The Kier molecular flexibility index (Phi) is 4.19. The smallest absolute Gasteiger partial charge is 0.0524 e. The minimum absolute atomic E-state index is 0.185. The van der Waals surface area contributed by atoms with Crippen molar-refractivity contribution in [2.75, 3.05) is 6.54 Å². The predicted octanol–water partition coefficient (Wildman–Crippen LogP) is 2.60. The summed E-state index contributed by atoms with van der Waals surface area (Å²) in [5.74, 6) is 0.735. The summed E-state index contributed by atoms with van der Waals surface area (Å²) >= 11 is 0. The lowest BCUT2D eigenvalue weighted by Gasteiger charge is -2.36. The number of nitrogens with one attached hydrogen (secondary N) is 1. The third-order valence-electron chi connectivity index (χ3n) is 3.65. The third kappa shape index (κ3) is 3.55. The molecule has 1 aromatic rings. The van der Waals surface area contributed by atoms with Crippen LogP contribution in [-0.4, -0.2) is 23.8 Å². The molecule has 2 N–H and O–H groups in total. The van der Waals surface area contributed by atoms with Crippen LogP contribution >= 0.6 is 0 Å². The van der Waals surface area contributed by atoms with Gasteiger partial charge in [-0.15, -0.1) is 0 Å².